The number of nitrogens with zero attached hydrogens (tertiary/aromatic N) is 3. The first-order valence-electron chi connectivity index (χ1n) is 6.08. The fourth-order valence-electron chi connectivity index (χ4n) is 1.17. The number of hydrogen-bond donors (Lipinski definition) is 2. The Bertz CT molecular complexity index is 320. The van der Waals surface area contributed by atoms with E-state index < -0.39 is 0 Å². The van der Waals surface area contributed by atoms with E-state index in [1.165, 1.54) is 0 Å². The van der Waals surface area contributed by atoms with E-state index in [0.29, 0.717) is 30.6 Å². The van der Waals surface area contributed by atoms with Crippen molar-refractivity contribution in [1.82, 2.24) is 15.0 Å². The molecule has 1 rings (SSSR count). The zero-order chi connectivity index (χ0) is 12.7. The van der Waals surface area contributed by atoms with Gasteiger partial charge < -0.3 is 15.4 Å². The van der Waals surface area contributed by atoms with Gasteiger partial charge in [0.2, 0.25) is 11.9 Å². The van der Waals surface area contributed by atoms with Gasteiger partial charge in [0.05, 0.1) is 6.61 Å². The van der Waals surface area contributed by atoms with E-state index >= 15 is 0 Å². The van der Waals surface area contributed by atoms with E-state index in [0.717, 1.165) is 13.0 Å². The first kappa shape index (κ1) is 13.5. The summed E-state index contributed by atoms with van der Waals surface area (Å²) in [5.41, 5.74) is 0. The van der Waals surface area contributed by atoms with Crippen molar-refractivity contribution in [2.45, 2.75) is 40.2 Å². The third-order valence-corrected chi connectivity index (χ3v) is 2.21. The molecule has 6 heteroatoms. The van der Waals surface area contributed by atoms with Crippen LogP contribution in [-0.2, 0) is 0 Å². The van der Waals surface area contributed by atoms with Crippen molar-refractivity contribution in [2.75, 3.05) is 23.8 Å². The molecule has 1 unspecified atom stereocenters. The normalized spacial score (nSPS) is 12.0. The summed E-state index contributed by atoms with van der Waals surface area (Å²) in [5, 5.41) is 6.26. The van der Waals surface area contributed by atoms with Crippen LogP contribution in [0.3, 0.4) is 0 Å². The van der Waals surface area contributed by atoms with E-state index in [9.17, 15) is 0 Å². The first-order chi connectivity index (χ1) is 8.19. The van der Waals surface area contributed by atoms with Gasteiger partial charge in [0.15, 0.2) is 0 Å². The zero-order valence-electron chi connectivity index (χ0n) is 10.9. The number of hydrogen-bond acceptors (Lipinski definition) is 6. The smallest absolute Gasteiger partial charge is 0.323 e. The van der Waals surface area contributed by atoms with Crippen molar-refractivity contribution >= 4 is 11.9 Å². The lowest BCUT2D eigenvalue weighted by Crippen LogP contribution is -2.17. The lowest BCUT2D eigenvalue weighted by atomic mass is 10.3. The molecule has 17 heavy (non-hydrogen) atoms. The number of aromatic nitrogens is 3. The molecule has 1 aromatic heterocycles. The van der Waals surface area contributed by atoms with Crippen LogP contribution in [0.15, 0.2) is 0 Å². The van der Waals surface area contributed by atoms with Crippen LogP contribution in [0.1, 0.15) is 34.1 Å². The Hall–Kier alpha value is -1.59. The second kappa shape index (κ2) is 6.88. The summed E-state index contributed by atoms with van der Waals surface area (Å²) in [7, 11) is 0. The Kier molecular flexibility index (Phi) is 5.45. The summed E-state index contributed by atoms with van der Waals surface area (Å²) in [5.74, 6) is 1.09. The van der Waals surface area contributed by atoms with Gasteiger partial charge in [0.25, 0.3) is 0 Å². The Morgan fingerprint density at radius 2 is 1.82 bits per heavy atom. The van der Waals surface area contributed by atoms with Crippen LogP contribution in [0.2, 0.25) is 0 Å². The fraction of sp³-hybridized carbons (Fsp3) is 0.727. The van der Waals surface area contributed by atoms with Crippen molar-refractivity contribution < 1.29 is 4.74 Å². The molecular weight excluding hydrogens is 218 g/mol. The maximum atomic E-state index is 5.31. The van der Waals surface area contributed by atoms with E-state index in [1.54, 1.807) is 0 Å². The molecule has 2 N–H and O–H groups in total. The standard InChI is InChI=1S/C11H21N5O/c1-5-8(4)13-10-14-9(12-6-2)15-11(16-10)17-7-3/h8H,5-7H2,1-4H3,(H2,12,13,14,15,16). The largest absolute Gasteiger partial charge is 0.464 e. The first-order valence-corrected chi connectivity index (χ1v) is 6.08. The molecule has 0 radical (unpaired) electrons. The lowest BCUT2D eigenvalue weighted by molar-refractivity contribution is 0.312. The van der Waals surface area contributed by atoms with Crippen molar-refractivity contribution in [3.8, 4) is 6.01 Å². The molecule has 0 fully saturated rings. The SMILES string of the molecule is CCNc1nc(NC(C)CC)nc(OCC)n1. The van der Waals surface area contributed by atoms with Crippen molar-refractivity contribution in [2.24, 2.45) is 0 Å². The van der Waals surface area contributed by atoms with E-state index in [2.05, 4.69) is 39.4 Å². The van der Waals surface area contributed by atoms with Crippen molar-refractivity contribution in [1.29, 1.82) is 0 Å². The van der Waals surface area contributed by atoms with Crippen molar-refractivity contribution in [3.63, 3.8) is 0 Å². The highest BCUT2D eigenvalue weighted by atomic mass is 16.5. The summed E-state index contributed by atoms with van der Waals surface area (Å²) >= 11 is 0. The highest BCUT2D eigenvalue weighted by molar-refractivity contribution is 5.36. The number of nitrogens with one attached hydrogen (secondary N) is 2. The molecule has 96 valence electrons. The molecule has 0 saturated carbocycles. The fourth-order valence-corrected chi connectivity index (χ4v) is 1.17. The molecule has 0 aliphatic rings. The third kappa shape index (κ3) is 4.42. The Morgan fingerprint density at radius 1 is 1.12 bits per heavy atom. The van der Waals surface area contributed by atoms with Gasteiger partial charge in [0.1, 0.15) is 0 Å². The van der Waals surface area contributed by atoms with Gasteiger partial charge in [-0.05, 0) is 27.2 Å². The second-order valence-electron chi connectivity index (χ2n) is 3.68. The van der Waals surface area contributed by atoms with E-state index in [1.807, 2.05) is 13.8 Å². The van der Waals surface area contributed by atoms with Gasteiger partial charge in [-0.2, -0.15) is 15.0 Å². The minimum absolute atomic E-state index is 0.321. The Labute approximate surface area is 102 Å². The summed E-state index contributed by atoms with van der Waals surface area (Å²) in [6, 6.07) is 0.672. The van der Waals surface area contributed by atoms with Crippen LogP contribution < -0.4 is 15.4 Å². The predicted molar refractivity (Wildman–Crippen MR) is 68.5 cm³/mol. The molecule has 0 aromatic carbocycles. The minimum atomic E-state index is 0.321. The maximum Gasteiger partial charge on any atom is 0.323 e. The average Bonchev–Trinajstić information content (AvgIpc) is 2.29. The van der Waals surface area contributed by atoms with Crippen LogP contribution in [0, 0.1) is 0 Å². The average molecular weight is 239 g/mol. The monoisotopic (exact) mass is 239 g/mol. The quantitative estimate of drug-likeness (QED) is 0.757. The van der Waals surface area contributed by atoms with Crippen LogP contribution >= 0.6 is 0 Å². The van der Waals surface area contributed by atoms with Gasteiger partial charge >= 0.3 is 6.01 Å². The van der Waals surface area contributed by atoms with Crippen LogP contribution in [0.5, 0.6) is 6.01 Å². The highest BCUT2D eigenvalue weighted by Gasteiger charge is 2.08. The van der Waals surface area contributed by atoms with Crippen molar-refractivity contribution in [3.05, 3.63) is 0 Å². The molecule has 0 spiro atoms. The summed E-state index contributed by atoms with van der Waals surface area (Å²) < 4.78 is 5.31. The summed E-state index contributed by atoms with van der Waals surface area (Å²) in [6.07, 6.45) is 1.01. The Morgan fingerprint density at radius 3 is 2.41 bits per heavy atom. The molecule has 0 aliphatic heterocycles. The molecule has 0 saturated heterocycles. The zero-order valence-corrected chi connectivity index (χ0v) is 10.9. The summed E-state index contributed by atoms with van der Waals surface area (Å²) in [4.78, 5) is 12.6. The topological polar surface area (TPSA) is 72.0 Å². The molecular formula is C11H21N5O. The van der Waals surface area contributed by atoms with Gasteiger partial charge in [-0.15, -0.1) is 0 Å². The minimum Gasteiger partial charge on any atom is -0.464 e. The summed E-state index contributed by atoms with van der Waals surface area (Å²) in [6.45, 7) is 9.38. The van der Waals surface area contributed by atoms with Crippen LogP contribution in [0.25, 0.3) is 0 Å². The number of rotatable bonds is 7. The molecule has 0 bridgehead atoms. The highest BCUT2D eigenvalue weighted by Crippen LogP contribution is 2.12. The second-order valence-corrected chi connectivity index (χ2v) is 3.68. The number of anilines is 2. The maximum absolute atomic E-state index is 5.31. The van der Waals surface area contributed by atoms with E-state index in [4.69, 9.17) is 4.74 Å². The molecule has 1 heterocycles. The molecule has 1 atom stereocenters. The van der Waals surface area contributed by atoms with Crippen LogP contribution in [0.4, 0.5) is 11.9 Å². The van der Waals surface area contributed by atoms with Gasteiger partial charge in [-0.25, -0.2) is 0 Å². The Balaban J connectivity index is 2.86. The molecule has 1 aromatic rings. The van der Waals surface area contributed by atoms with Crippen LogP contribution in [-0.4, -0.2) is 34.1 Å². The lowest BCUT2D eigenvalue weighted by Gasteiger charge is -2.13. The molecule has 6 nitrogen and oxygen atoms in total. The van der Waals surface area contributed by atoms with Gasteiger partial charge in [0, 0.05) is 12.6 Å². The van der Waals surface area contributed by atoms with Gasteiger partial charge in [-0.3, -0.25) is 0 Å². The molecule has 0 amide bonds. The van der Waals surface area contributed by atoms with E-state index in [-0.39, 0.29) is 0 Å². The third-order valence-electron chi connectivity index (χ3n) is 2.21. The number of ether oxygens (including phenoxy) is 1. The van der Waals surface area contributed by atoms with Gasteiger partial charge in [-0.1, -0.05) is 6.92 Å². The molecule has 0 aliphatic carbocycles. The predicted octanol–water partition coefficient (Wildman–Crippen LogP) is 1.91.